The molecule has 0 aromatic heterocycles. The number of aromatic hydroxyl groups is 1. The number of thioether (sulfide) groups is 1. The summed E-state index contributed by atoms with van der Waals surface area (Å²) < 4.78 is 38.3. The minimum atomic E-state index is -4.47. The molecule has 1 aliphatic heterocycles. The van der Waals surface area contributed by atoms with Crippen LogP contribution in [0.4, 0.5) is 18.9 Å². The summed E-state index contributed by atoms with van der Waals surface area (Å²) in [6.45, 7) is 1.31. The number of anilines is 1. The summed E-state index contributed by atoms with van der Waals surface area (Å²) in [6, 6.07) is 8.47. The third-order valence-corrected chi connectivity index (χ3v) is 5.25. The van der Waals surface area contributed by atoms with Gasteiger partial charge in [0.25, 0.3) is 5.91 Å². The average molecular weight is 423 g/mol. The molecule has 3 rings (SSSR count). The van der Waals surface area contributed by atoms with E-state index in [9.17, 15) is 27.9 Å². The summed E-state index contributed by atoms with van der Waals surface area (Å²) in [4.78, 5) is 25.7. The minimum absolute atomic E-state index is 0.118. The number of benzene rings is 2. The van der Waals surface area contributed by atoms with Gasteiger partial charge in [-0.25, -0.2) is 0 Å². The number of alkyl halides is 3. The van der Waals surface area contributed by atoms with E-state index >= 15 is 0 Å². The van der Waals surface area contributed by atoms with Gasteiger partial charge in [-0.2, -0.15) is 13.2 Å². The molecule has 9 heteroatoms. The molecule has 1 aliphatic rings. The van der Waals surface area contributed by atoms with Crippen molar-refractivity contribution in [3.8, 4) is 5.75 Å². The first-order valence-corrected chi connectivity index (χ1v) is 9.09. The quantitative estimate of drug-likeness (QED) is 0.427. The van der Waals surface area contributed by atoms with Crippen molar-refractivity contribution >= 4 is 51.8 Å². The highest BCUT2D eigenvalue weighted by atomic mass is 32.2. The van der Waals surface area contributed by atoms with Gasteiger partial charge in [0, 0.05) is 0 Å². The van der Waals surface area contributed by atoms with Crippen molar-refractivity contribution in [1.82, 2.24) is 0 Å². The van der Waals surface area contributed by atoms with Gasteiger partial charge in [-0.3, -0.25) is 14.5 Å². The Kier molecular flexibility index (Phi) is 5.31. The molecule has 1 saturated heterocycles. The van der Waals surface area contributed by atoms with E-state index in [-0.39, 0.29) is 32.0 Å². The van der Waals surface area contributed by atoms with Crippen LogP contribution in [0.25, 0.3) is 6.08 Å². The number of rotatable bonds is 3. The molecule has 1 heterocycles. The van der Waals surface area contributed by atoms with Crippen LogP contribution in [-0.4, -0.2) is 21.1 Å². The van der Waals surface area contributed by atoms with Crippen LogP contribution in [0.3, 0.4) is 0 Å². The number of Topliss-reactive ketones (excluding diaryl/α,β-unsaturated/α-hetero) is 1. The van der Waals surface area contributed by atoms with Crippen molar-refractivity contribution in [3.63, 3.8) is 0 Å². The maximum absolute atomic E-state index is 12.7. The van der Waals surface area contributed by atoms with E-state index in [4.69, 9.17) is 12.2 Å². The van der Waals surface area contributed by atoms with E-state index in [1.54, 1.807) is 0 Å². The zero-order valence-electron chi connectivity index (χ0n) is 14.3. The second kappa shape index (κ2) is 7.40. The maximum atomic E-state index is 12.7. The molecule has 2 aromatic rings. The number of carbonyl (C=O) groups excluding carboxylic acids is 2. The van der Waals surface area contributed by atoms with Crippen molar-refractivity contribution < 1.29 is 27.9 Å². The first kappa shape index (κ1) is 20.1. The van der Waals surface area contributed by atoms with Gasteiger partial charge in [0.05, 0.1) is 21.7 Å². The van der Waals surface area contributed by atoms with E-state index < -0.39 is 17.6 Å². The number of ketones is 1. The molecule has 1 amide bonds. The third-order valence-electron chi connectivity index (χ3n) is 3.94. The van der Waals surface area contributed by atoms with E-state index in [2.05, 4.69) is 0 Å². The van der Waals surface area contributed by atoms with Crippen LogP contribution in [0, 0.1) is 0 Å². The number of halogens is 3. The molecule has 0 unspecified atom stereocenters. The van der Waals surface area contributed by atoms with Gasteiger partial charge >= 0.3 is 6.18 Å². The van der Waals surface area contributed by atoms with Crippen LogP contribution in [-0.2, 0) is 11.0 Å². The smallest absolute Gasteiger partial charge is 0.416 e. The van der Waals surface area contributed by atoms with E-state index in [0.717, 1.165) is 28.8 Å². The van der Waals surface area contributed by atoms with Gasteiger partial charge in [0.2, 0.25) is 0 Å². The Hall–Kier alpha value is -2.65. The van der Waals surface area contributed by atoms with Gasteiger partial charge in [-0.05, 0) is 55.0 Å². The van der Waals surface area contributed by atoms with Gasteiger partial charge in [-0.1, -0.05) is 30.0 Å². The Bertz CT molecular complexity index is 1010. The summed E-state index contributed by atoms with van der Waals surface area (Å²) >= 11 is 6.20. The summed E-state index contributed by atoms with van der Waals surface area (Å²) in [6.07, 6.45) is -2.96. The monoisotopic (exact) mass is 423 g/mol. The molecule has 2 aromatic carbocycles. The zero-order valence-corrected chi connectivity index (χ0v) is 15.9. The fraction of sp³-hybridized carbons (Fsp3) is 0.105. The average Bonchev–Trinajstić information content (AvgIpc) is 2.89. The molecule has 4 nitrogen and oxygen atoms in total. The van der Waals surface area contributed by atoms with Crippen LogP contribution < -0.4 is 4.90 Å². The Morgan fingerprint density at radius 1 is 1.18 bits per heavy atom. The fourth-order valence-corrected chi connectivity index (χ4v) is 3.87. The van der Waals surface area contributed by atoms with Crippen molar-refractivity contribution in [2.75, 3.05) is 4.90 Å². The van der Waals surface area contributed by atoms with Gasteiger partial charge in [0.15, 0.2) is 10.1 Å². The number of nitrogens with zero attached hydrogens (tertiary/aromatic N) is 1. The molecule has 0 saturated carbocycles. The molecule has 0 spiro atoms. The number of hydrogen-bond acceptors (Lipinski definition) is 5. The van der Waals surface area contributed by atoms with Crippen LogP contribution in [0.2, 0.25) is 0 Å². The summed E-state index contributed by atoms with van der Waals surface area (Å²) in [5.74, 6) is -0.973. The van der Waals surface area contributed by atoms with Crippen LogP contribution >= 0.6 is 24.0 Å². The van der Waals surface area contributed by atoms with Gasteiger partial charge < -0.3 is 5.11 Å². The first-order chi connectivity index (χ1) is 13.1. The Morgan fingerprint density at radius 2 is 1.82 bits per heavy atom. The molecule has 1 N–H and O–H groups in total. The molecule has 0 radical (unpaired) electrons. The maximum Gasteiger partial charge on any atom is 0.416 e. The van der Waals surface area contributed by atoms with Gasteiger partial charge in [-0.15, -0.1) is 0 Å². The van der Waals surface area contributed by atoms with Crippen molar-refractivity contribution in [2.45, 2.75) is 13.1 Å². The van der Waals surface area contributed by atoms with E-state index in [1.165, 1.54) is 43.3 Å². The number of phenols is 1. The standard InChI is InChI=1S/C19H12F3NO3S2/c1-10(24)14-8-11(2-7-15(14)25)9-16-17(26)23(18(27)28-16)13-5-3-12(4-6-13)19(20,21)22/h2-9,25H,1H3/b16-9-. The van der Waals surface area contributed by atoms with Crippen molar-refractivity contribution in [3.05, 3.63) is 64.1 Å². The lowest BCUT2D eigenvalue weighted by atomic mass is 10.1. The molecule has 0 atom stereocenters. The van der Waals surface area contributed by atoms with Gasteiger partial charge in [0.1, 0.15) is 5.75 Å². The zero-order chi connectivity index (χ0) is 20.6. The number of carbonyl (C=O) groups is 2. The second-order valence-corrected chi connectivity index (χ2v) is 7.57. The lowest BCUT2D eigenvalue weighted by Crippen LogP contribution is -2.27. The Morgan fingerprint density at radius 3 is 2.39 bits per heavy atom. The van der Waals surface area contributed by atoms with E-state index in [1.807, 2.05) is 0 Å². The van der Waals surface area contributed by atoms with Crippen LogP contribution in [0.1, 0.15) is 28.4 Å². The normalized spacial score (nSPS) is 16.1. The predicted octanol–water partition coefficient (Wildman–Crippen LogP) is 5.02. The molecule has 1 fully saturated rings. The summed E-state index contributed by atoms with van der Waals surface area (Å²) in [7, 11) is 0. The van der Waals surface area contributed by atoms with Crippen molar-refractivity contribution in [2.24, 2.45) is 0 Å². The molecule has 0 aliphatic carbocycles. The minimum Gasteiger partial charge on any atom is -0.507 e. The Labute approximate surface area is 167 Å². The molecular formula is C19H12F3NO3S2. The molecule has 144 valence electrons. The lowest BCUT2D eigenvalue weighted by Gasteiger charge is -2.15. The summed E-state index contributed by atoms with van der Waals surface area (Å²) in [5, 5.41) is 9.71. The number of hydrogen-bond donors (Lipinski definition) is 1. The topological polar surface area (TPSA) is 57.6 Å². The van der Waals surface area contributed by atoms with Crippen LogP contribution in [0.15, 0.2) is 47.4 Å². The highest BCUT2D eigenvalue weighted by Crippen LogP contribution is 2.37. The number of thiocarbonyl (C=S) groups is 1. The highest BCUT2D eigenvalue weighted by Gasteiger charge is 2.35. The fourth-order valence-electron chi connectivity index (χ4n) is 2.57. The van der Waals surface area contributed by atoms with E-state index in [0.29, 0.717) is 5.56 Å². The lowest BCUT2D eigenvalue weighted by molar-refractivity contribution is -0.137. The first-order valence-electron chi connectivity index (χ1n) is 7.87. The Balaban J connectivity index is 1.91. The third kappa shape index (κ3) is 3.95. The second-order valence-electron chi connectivity index (χ2n) is 5.89. The van der Waals surface area contributed by atoms with Crippen LogP contribution in [0.5, 0.6) is 5.75 Å². The predicted molar refractivity (Wildman–Crippen MR) is 105 cm³/mol. The summed E-state index contributed by atoms with van der Waals surface area (Å²) in [5.41, 5.74) is 0.0370. The highest BCUT2D eigenvalue weighted by molar-refractivity contribution is 8.27. The van der Waals surface area contributed by atoms with Crippen molar-refractivity contribution in [1.29, 1.82) is 0 Å². The molecule has 28 heavy (non-hydrogen) atoms. The largest absolute Gasteiger partial charge is 0.507 e. The molecular weight excluding hydrogens is 411 g/mol. The number of phenolic OH excluding ortho intramolecular Hbond substituents is 1. The number of amides is 1. The molecule has 0 bridgehead atoms. The SMILES string of the molecule is CC(=O)c1cc(/C=C2\SC(=S)N(c3ccc(C(F)(F)F)cc3)C2=O)ccc1O.